The number of fused-ring (bicyclic) bond motifs is 1. The normalized spacial score (nSPS) is 17.4. The molecule has 1 fully saturated rings. The lowest BCUT2D eigenvalue weighted by Gasteiger charge is -2.21. The van der Waals surface area contributed by atoms with Gasteiger partial charge in [-0.15, -0.1) is 11.3 Å². The molecule has 2 aromatic heterocycles. The van der Waals surface area contributed by atoms with Gasteiger partial charge in [-0.05, 0) is 30.8 Å². The predicted octanol–water partition coefficient (Wildman–Crippen LogP) is 1.80. The van der Waals surface area contributed by atoms with Gasteiger partial charge < -0.3 is 10.2 Å². The molecule has 0 bridgehead atoms. The van der Waals surface area contributed by atoms with Crippen LogP contribution in [0.4, 0.5) is 5.82 Å². The van der Waals surface area contributed by atoms with E-state index in [0.29, 0.717) is 0 Å². The lowest BCUT2D eigenvalue weighted by molar-refractivity contribution is 0.724. The highest BCUT2D eigenvalue weighted by molar-refractivity contribution is 7.18. The molecule has 0 radical (unpaired) electrons. The summed E-state index contributed by atoms with van der Waals surface area (Å²) in [6.07, 6.45) is 2.87. The number of hydrogen-bond donors (Lipinski definition) is 1. The first kappa shape index (κ1) is 10.9. The number of nitrogens with one attached hydrogen (secondary N) is 1. The van der Waals surface area contributed by atoms with E-state index in [2.05, 4.69) is 32.5 Å². The van der Waals surface area contributed by atoms with E-state index < -0.39 is 0 Å². The first-order valence-electron chi connectivity index (χ1n) is 6.01. The molecule has 17 heavy (non-hydrogen) atoms. The molecule has 0 aliphatic carbocycles. The highest BCUT2D eigenvalue weighted by atomic mass is 32.1. The van der Waals surface area contributed by atoms with Gasteiger partial charge in [-0.2, -0.15) is 0 Å². The molecule has 0 aromatic carbocycles. The largest absolute Gasteiger partial charge is 0.354 e. The maximum atomic E-state index is 4.48. The zero-order chi connectivity index (χ0) is 11.7. The van der Waals surface area contributed by atoms with Crippen LogP contribution in [-0.2, 0) is 0 Å². The molecule has 0 spiro atoms. The molecular weight excluding hydrogens is 232 g/mol. The molecule has 2 aromatic rings. The number of hydrogen-bond acceptors (Lipinski definition) is 5. The summed E-state index contributed by atoms with van der Waals surface area (Å²) in [5, 5.41) is 5.58. The van der Waals surface area contributed by atoms with E-state index >= 15 is 0 Å². The number of aromatic nitrogens is 2. The second-order valence-electron chi connectivity index (χ2n) is 4.38. The van der Waals surface area contributed by atoms with Crippen molar-refractivity contribution >= 4 is 27.4 Å². The summed E-state index contributed by atoms with van der Waals surface area (Å²) < 4.78 is 1.23. The van der Waals surface area contributed by atoms with Crippen molar-refractivity contribution in [2.75, 3.05) is 31.1 Å². The van der Waals surface area contributed by atoms with Gasteiger partial charge in [0.25, 0.3) is 0 Å². The molecule has 0 atom stereocenters. The zero-order valence-corrected chi connectivity index (χ0v) is 10.8. The van der Waals surface area contributed by atoms with Crippen LogP contribution in [0.3, 0.4) is 0 Å². The van der Waals surface area contributed by atoms with Crippen LogP contribution in [0.1, 0.15) is 12.0 Å². The fourth-order valence-electron chi connectivity index (χ4n) is 2.24. The molecule has 4 nitrogen and oxygen atoms in total. The maximum absolute atomic E-state index is 4.48. The van der Waals surface area contributed by atoms with E-state index in [-0.39, 0.29) is 0 Å². The molecule has 1 saturated heterocycles. The number of nitrogens with zero attached hydrogens (tertiary/aromatic N) is 3. The minimum Gasteiger partial charge on any atom is -0.354 e. The molecule has 0 amide bonds. The fourth-order valence-corrected chi connectivity index (χ4v) is 3.26. The molecular formula is C12H16N4S. The molecule has 1 aliphatic heterocycles. The minimum atomic E-state index is 1.03. The van der Waals surface area contributed by atoms with E-state index in [1.807, 2.05) is 0 Å². The SMILES string of the molecule is Cc1csc2c(N3CCCNCC3)ncnc12. The third kappa shape index (κ3) is 2.00. The first-order valence-corrected chi connectivity index (χ1v) is 6.88. The van der Waals surface area contributed by atoms with Gasteiger partial charge >= 0.3 is 0 Å². The van der Waals surface area contributed by atoms with Crippen molar-refractivity contribution in [3.05, 3.63) is 17.3 Å². The Labute approximate surface area is 105 Å². The van der Waals surface area contributed by atoms with Crippen LogP contribution in [0.5, 0.6) is 0 Å². The van der Waals surface area contributed by atoms with Crippen LogP contribution in [0.2, 0.25) is 0 Å². The van der Waals surface area contributed by atoms with Gasteiger partial charge in [-0.3, -0.25) is 0 Å². The highest BCUT2D eigenvalue weighted by Gasteiger charge is 2.15. The van der Waals surface area contributed by atoms with E-state index in [0.717, 1.165) is 37.5 Å². The van der Waals surface area contributed by atoms with E-state index in [9.17, 15) is 0 Å². The maximum Gasteiger partial charge on any atom is 0.150 e. The molecule has 0 saturated carbocycles. The van der Waals surface area contributed by atoms with Crippen molar-refractivity contribution in [2.45, 2.75) is 13.3 Å². The first-order chi connectivity index (χ1) is 8.36. The Kier molecular flexibility index (Phi) is 2.94. The quantitative estimate of drug-likeness (QED) is 0.835. The zero-order valence-electron chi connectivity index (χ0n) is 9.94. The van der Waals surface area contributed by atoms with Gasteiger partial charge in [-0.25, -0.2) is 9.97 Å². The van der Waals surface area contributed by atoms with Crippen molar-refractivity contribution in [3.8, 4) is 0 Å². The van der Waals surface area contributed by atoms with Crippen LogP contribution in [0, 0.1) is 6.92 Å². The third-order valence-electron chi connectivity index (χ3n) is 3.15. The Balaban J connectivity index is 2.03. The van der Waals surface area contributed by atoms with Crippen molar-refractivity contribution in [3.63, 3.8) is 0 Å². The number of anilines is 1. The minimum absolute atomic E-state index is 1.03. The highest BCUT2D eigenvalue weighted by Crippen LogP contribution is 2.30. The second kappa shape index (κ2) is 4.58. The fraction of sp³-hybridized carbons (Fsp3) is 0.500. The molecule has 5 heteroatoms. The predicted molar refractivity (Wildman–Crippen MR) is 71.9 cm³/mol. The van der Waals surface area contributed by atoms with Crippen LogP contribution < -0.4 is 10.2 Å². The summed E-state index contributed by atoms with van der Waals surface area (Å²) >= 11 is 1.75. The average molecular weight is 248 g/mol. The van der Waals surface area contributed by atoms with Gasteiger partial charge in [0.2, 0.25) is 0 Å². The van der Waals surface area contributed by atoms with E-state index in [1.54, 1.807) is 17.7 Å². The van der Waals surface area contributed by atoms with Crippen LogP contribution in [0.25, 0.3) is 10.2 Å². The smallest absolute Gasteiger partial charge is 0.150 e. The molecule has 0 unspecified atom stereocenters. The number of aryl methyl sites for hydroxylation is 1. The Morgan fingerprint density at radius 3 is 3.18 bits per heavy atom. The van der Waals surface area contributed by atoms with Crippen molar-refractivity contribution < 1.29 is 0 Å². The van der Waals surface area contributed by atoms with Crippen molar-refractivity contribution in [1.29, 1.82) is 0 Å². The Morgan fingerprint density at radius 2 is 2.24 bits per heavy atom. The Morgan fingerprint density at radius 1 is 1.29 bits per heavy atom. The van der Waals surface area contributed by atoms with E-state index in [4.69, 9.17) is 0 Å². The van der Waals surface area contributed by atoms with Gasteiger partial charge in [0.05, 0.1) is 10.2 Å². The van der Waals surface area contributed by atoms with Crippen LogP contribution in [-0.4, -0.2) is 36.1 Å². The summed E-state index contributed by atoms with van der Waals surface area (Å²) in [7, 11) is 0. The van der Waals surface area contributed by atoms with Crippen molar-refractivity contribution in [1.82, 2.24) is 15.3 Å². The molecule has 1 N–H and O–H groups in total. The van der Waals surface area contributed by atoms with Gasteiger partial charge in [0.1, 0.15) is 12.1 Å². The molecule has 3 heterocycles. The summed E-state index contributed by atoms with van der Waals surface area (Å²) in [5.41, 5.74) is 2.36. The van der Waals surface area contributed by atoms with Crippen LogP contribution in [0.15, 0.2) is 11.7 Å². The number of rotatable bonds is 1. The molecule has 90 valence electrons. The molecule has 3 rings (SSSR count). The van der Waals surface area contributed by atoms with Gasteiger partial charge in [0.15, 0.2) is 0 Å². The van der Waals surface area contributed by atoms with Crippen molar-refractivity contribution in [2.24, 2.45) is 0 Å². The van der Waals surface area contributed by atoms with Crippen LogP contribution >= 0.6 is 11.3 Å². The lowest BCUT2D eigenvalue weighted by atomic mass is 10.3. The summed E-state index contributed by atoms with van der Waals surface area (Å²) in [4.78, 5) is 11.2. The Hall–Kier alpha value is -1.20. The number of thiophene rings is 1. The van der Waals surface area contributed by atoms with Gasteiger partial charge in [-0.1, -0.05) is 0 Å². The molecule has 1 aliphatic rings. The second-order valence-corrected chi connectivity index (χ2v) is 5.26. The summed E-state index contributed by atoms with van der Waals surface area (Å²) in [6.45, 7) is 6.36. The third-order valence-corrected chi connectivity index (χ3v) is 4.23. The van der Waals surface area contributed by atoms with Gasteiger partial charge in [0, 0.05) is 19.6 Å². The Bertz CT molecular complexity index is 514. The lowest BCUT2D eigenvalue weighted by Crippen LogP contribution is -2.28. The summed E-state index contributed by atoms with van der Waals surface area (Å²) in [5.74, 6) is 1.11. The monoisotopic (exact) mass is 248 g/mol. The average Bonchev–Trinajstić information content (AvgIpc) is 2.59. The topological polar surface area (TPSA) is 41.0 Å². The summed E-state index contributed by atoms with van der Waals surface area (Å²) in [6, 6.07) is 0. The van der Waals surface area contributed by atoms with E-state index in [1.165, 1.54) is 16.7 Å². The standard InChI is InChI=1S/C12H16N4S/c1-9-7-17-11-10(9)14-8-15-12(11)16-5-2-3-13-4-6-16/h7-8,13H,2-6H2,1H3.